The Morgan fingerprint density at radius 3 is 2.39 bits per heavy atom. The van der Waals surface area contributed by atoms with Gasteiger partial charge in [-0.25, -0.2) is 4.79 Å². The standard InChI is InChI=1S/C20H16Cl3NO4/c21-14-4-6-19(28-20(26)24-7-9-27-10-8-24)16(11-14)18(25)5-2-13-1-3-15(22)12-17(13)23/h1-6,11-12H,7-10H2. The number of hydrogen-bond donors (Lipinski definition) is 0. The van der Waals surface area contributed by atoms with Crippen molar-refractivity contribution < 1.29 is 19.1 Å². The van der Waals surface area contributed by atoms with Gasteiger partial charge in [-0.15, -0.1) is 0 Å². The molecule has 1 aliphatic heterocycles. The molecule has 2 aromatic rings. The summed E-state index contributed by atoms with van der Waals surface area (Å²) in [4.78, 5) is 26.6. The zero-order valence-corrected chi connectivity index (χ0v) is 16.9. The lowest BCUT2D eigenvalue weighted by Crippen LogP contribution is -2.42. The van der Waals surface area contributed by atoms with E-state index in [0.29, 0.717) is 46.9 Å². The van der Waals surface area contributed by atoms with Crippen LogP contribution in [0.3, 0.4) is 0 Å². The van der Waals surface area contributed by atoms with Crippen molar-refractivity contribution in [2.24, 2.45) is 0 Å². The van der Waals surface area contributed by atoms with Gasteiger partial charge >= 0.3 is 6.09 Å². The van der Waals surface area contributed by atoms with Crippen LogP contribution in [0.2, 0.25) is 15.1 Å². The number of morpholine rings is 1. The van der Waals surface area contributed by atoms with E-state index in [9.17, 15) is 9.59 Å². The summed E-state index contributed by atoms with van der Waals surface area (Å²) in [6, 6.07) is 9.47. The third-order valence-electron chi connectivity index (χ3n) is 4.05. The van der Waals surface area contributed by atoms with E-state index in [1.165, 1.54) is 23.1 Å². The molecule has 0 N–H and O–H groups in total. The highest BCUT2D eigenvalue weighted by atomic mass is 35.5. The molecular weight excluding hydrogens is 425 g/mol. The number of carbonyl (C=O) groups is 2. The number of carbonyl (C=O) groups excluding carboxylic acids is 2. The van der Waals surface area contributed by atoms with E-state index in [4.69, 9.17) is 44.3 Å². The van der Waals surface area contributed by atoms with Gasteiger partial charge in [0.05, 0.1) is 18.8 Å². The molecule has 2 aromatic carbocycles. The Labute approximate surface area is 177 Å². The highest BCUT2D eigenvalue weighted by molar-refractivity contribution is 6.35. The SMILES string of the molecule is O=C(C=Cc1ccc(Cl)cc1Cl)c1cc(Cl)ccc1OC(=O)N1CCOCC1. The summed E-state index contributed by atoms with van der Waals surface area (Å²) < 4.78 is 10.6. The average molecular weight is 441 g/mol. The lowest BCUT2D eigenvalue weighted by Gasteiger charge is -2.26. The summed E-state index contributed by atoms with van der Waals surface area (Å²) in [5.74, 6) is -0.240. The van der Waals surface area contributed by atoms with Gasteiger partial charge in [0.2, 0.25) is 0 Å². The van der Waals surface area contributed by atoms with Gasteiger partial charge in [-0.3, -0.25) is 4.79 Å². The Morgan fingerprint density at radius 1 is 1.00 bits per heavy atom. The zero-order chi connectivity index (χ0) is 20.1. The molecule has 1 heterocycles. The highest BCUT2D eigenvalue weighted by Crippen LogP contribution is 2.26. The number of ketones is 1. The van der Waals surface area contributed by atoms with Crippen LogP contribution in [-0.4, -0.2) is 43.1 Å². The fourth-order valence-electron chi connectivity index (χ4n) is 2.58. The number of amides is 1. The molecule has 1 aliphatic rings. The molecule has 0 spiro atoms. The Kier molecular flexibility index (Phi) is 6.97. The smallest absolute Gasteiger partial charge is 0.409 e. The van der Waals surface area contributed by atoms with Crippen molar-refractivity contribution >= 4 is 52.8 Å². The summed E-state index contributed by atoms with van der Waals surface area (Å²) in [6.45, 7) is 1.77. The number of nitrogens with zero attached hydrogens (tertiary/aromatic N) is 1. The second kappa shape index (κ2) is 9.43. The van der Waals surface area contributed by atoms with E-state index in [1.807, 2.05) is 0 Å². The fourth-order valence-corrected chi connectivity index (χ4v) is 3.22. The second-order valence-corrected chi connectivity index (χ2v) is 7.25. The van der Waals surface area contributed by atoms with E-state index in [-0.39, 0.29) is 17.1 Å². The van der Waals surface area contributed by atoms with Gasteiger partial charge in [0.25, 0.3) is 0 Å². The van der Waals surface area contributed by atoms with Gasteiger partial charge in [-0.1, -0.05) is 40.9 Å². The number of ether oxygens (including phenoxy) is 2. The van der Waals surface area contributed by atoms with Crippen molar-refractivity contribution in [3.8, 4) is 5.75 Å². The average Bonchev–Trinajstić information content (AvgIpc) is 2.69. The molecule has 3 rings (SSSR count). The number of benzene rings is 2. The Balaban J connectivity index is 1.80. The van der Waals surface area contributed by atoms with Crippen molar-refractivity contribution in [3.63, 3.8) is 0 Å². The van der Waals surface area contributed by atoms with Crippen LogP contribution in [0.25, 0.3) is 6.08 Å². The van der Waals surface area contributed by atoms with Crippen LogP contribution >= 0.6 is 34.8 Å². The quantitative estimate of drug-likeness (QED) is 0.473. The molecule has 8 heteroatoms. The van der Waals surface area contributed by atoms with Crippen molar-refractivity contribution in [2.45, 2.75) is 0 Å². The Hall–Kier alpha value is -2.05. The highest BCUT2D eigenvalue weighted by Gasteiger charge is 2.21. The molecule has 0 aliphatic carbocycles. The monoisotopic (exact) mass is 439 g/mol. The maximum atomic E-state index is 12.7. The van der Waals surface area contributed by atoms with Crippen molar-refractivity contribution in [1.82, 2.24) is 4.90 Å². The van der Waals surface area contributed by atoms with Crippen LogP contribution in [0.4, 0.5) is 4.79 Å². The second-order valence-electron chi connectivity index (χ2n) is 5.97. The van der Waals surface area contributed by atoms with Crippen molar-refractivity contribution in [2.75, 3.05) is 26.3 Å². The molecule has 1 saturated heterocycles. The molecular formula is C20H16Cl3NO4. The Bertz CT molecular complexity index is 924. The lowest BCUT2D eigenvalue weighted by molar-refractivity contribution is 0.0415. The molecule has 1 fully saturated rings. The number of allylic oxidation sites excluding steroid dienone is 1. The first-order valence-corrected chi connectivity index (χ1v) is 9.59. The van der Waals surface area contributed by atoms with Gasteiger partial charge in [-0.05, 0) is 48.0 Å². The van der Waals surface area contributed by atoms with Crippen LogP contribution in [0.15, 0.2) is 42.5 Å². The minimum atomic E-state index is -0.538. The lowest BCUT2D eigenvalue weighted by atomic mass is 10.1. The topological polar surface area (TPSA) is 55.8 Å². The molecule has 5 nitrogen and oxygen atoms in total. The van der Waals surface area contributed by atoms with Crippen LogP contribution in [0.5, 0.6) is 5.75 Å². The van der Waals surface area contributed by atoms with Crippen molar-refractivity contribution in [3.05, 3.63) is 68.7 Å². The maximum Gasteiger partial charge on any atom is 0.415 e. The predicted molar refractivity (Wildman–Crippen MR) is 110 cm³/mol. The van der Waals surface area contributed by atoms with Gasteiger partial charge in [0, 0.05) is 28.2 Å². The molecule has 28 heavy (non-hydrogen) atoms. The molecule has 146 valence electrons. The molecule has 0 saturated carbocycles. The van der Waals surface area contributed by atoms with Crippen LogP contribution < -0.4 is 4.74 Å². The van der Waals surface area contributed by atoms with Crippen LogP contribution in [-0.2, 0) is 4.74 Å². The number of halogens is 3. The molecule has 1 amide bonds. The van der Waals surface area contributed by atoms with Gasteiger partial charge in [-0.2, -0.15) is 0 Å². The van der Waals surface area contributed by atoms with Gasteiger partial charge in [0.15, 0.2) is 5.78 Å². The van der Waals surface area contributed by atoms with E-state index >= 15 is 0 Å². The predicted octanol–water partition coefficient (Wildman–Crippen LogP) is 5.37. The number of hydrogen-bond acceptors (Lipinski definition) is 4. The summed E-state index contributed by atoms with van der Waals surface area (Å²) in [7, 11) is 0. The first-order chi connectivity index (χ1) is 13.4. The summed E-state index contributed by atoms with van der Waals surface area (Å²) in [6.07, 6.45) is 2.37. The van der Waals surface area contributed by atoms with E-state index < -0.39 is 6.09 Å². The van der Waals surface area contributed by atoms with Gasteiger partial charge in [0.1, 0.15) is 5.75 Å². The number of rotatable bonds is 4. The largest absolute Gasteiger partial charge is 0.415 e. The first kappa shape index (κ1) is 20.7. The summed E-state index contributed by atoms with van der Waals surface area (Å²) >= 11 is 18.0. The van der Waals surface area contributed by atoms with E-state index in [1.54, 1.807) is 30.3 Å². The normalized spacial score (nSPS) is 14.3. The van der Waals surface area contributed by atoms with Crippen LogP contribution in [0.1, 0.15) is 15.9 Å². The third kappa shape index (κ3) is 5.26. The van der Waals surface area contributed by atoms with Crippen molar-refractivity contribution in [1.29, 1.82) is 0 Å². The molecule has 0 aromatic heterocycles. The van der Waals surface area contributed by atoms with Gasteiger partial charge < -0.3 is 14.4 Å². The minimum Gasteiger partial charge on any atom is -0.409 e. The third-order valence-corrected chi connectivity index (χ3v) is 4.85. The van der Waals surface area contributed by atoms with E-state index in [2.05, 4.69) is 0 Å². The molecule has 0 unspecified atom stereocenters. The molecule has 0 bridgehead atoms. The fraction of sp³-hybridized carbons (Fsp3) is 0.200. The minimum absolute atomic E-state index is 0.137. The molecule has 0 radical (unpaired) electrons. The summed E-state index contributed by atoms with van der Waals surface area (Å²) in [5.41, 5.74) is 0.809. The van der Waals surface area contributed by atoms with E-state index in [0.717, 1.165) is 0 Å². The maximum absolute atomic E-state index is 12.7. The summed E-state index contributed by atoms with van der Waals surface area (Å²) in [5, 5.41) is 1.27. The van der Waals surface area contributed by atoms with Crippen LogP contribution in [0, 0.1) is 0 Å². The zero-order valence-electron chi connectivity index (χ0n) is 14.7. The first-order valence-electron chi connectivity index (χ1n) is 8.45. The Morgan fingerprint density at radius 2 is 1.68 bits per heavy atom. The molecule has 0 atom stereocenters.